The van der Waals surface area contributed by atoms with Crippen molar-refractivity contribution in [3.8, 4) is 0 Å². The van der Waals surface area contributed by atoms with Gasteiger partial charge in [-0.3, -0.25) is 0 Å². The van der Waals surface area contributed by atoms with E-state index in [1.807, 2.05) is 0 Å². The van der Waals surface area contributed by atoms with Crippen molar-refractivity contribution in [1.29, 1.82) is 0 Å². The van der Waals surface area contributed by atoms with Crippen LogP contribution < -0.4 is 5.73 Å². The lowest BCUT2D eigenvalue weighted by Crippen LogP contribution is -2.09. The van der Waals surface area contributed by atoms with Crippen LogP contribution in [0.3, 0.4) is 0 Å². The lowest BCUT2D eigenvalue weighted by atomic mass is 9.78. The van der Waals surface area contributed by atoms with E-state index in [0.29, 0.717) is 0 Å². The molecule has 2 N–H and O–H groups in total. The van der Waals surface area contributed by atoms with Crippen LogP contribution in [0, 0.1) is 0 Å². The first kappa shape index (κ1) is 10.4. The molecule has 15 heavy (non-hydrogen) atoms. The molecule has 0 unspecified atom stereocenters. The Hall–Kier alpha value is -1.08. The highest BCUT2D eigenvalue weighted by Gasteiger charge is 2.20. The van der Waals surface area contributed by atoms with Gasteiger partial charge >= 0.3 is 0 Å². The summed E-state index contributed by atoms with van der Waals surface area (Å²) in [5.41, 5.74) is 8.39. The van der Waals surface area contributed by atoms with Gasteiger partial charge in [-0.05, 0) is 42.9 Å². The molecule has 2 rings (SSSR count). The van der Waals surface area contributed by atoms with Crippen molar-refractivity contribution in [2.75, 3.05) is 6.54 Å². The predicted molar refractivity (Wildman–Crippen MR) is 65.7 cm³/mol. The number of rotatable bonds is 4. The van der Waals surface area contributed by atoms with Crippen LogP contribution in [0.15, 0.2) is 30.3 Å². The molecule has 0 bridgehead atoms. The normalized spacial score (nSPS) is 16.9. The van der Waals surface area contributed by atoms with E-state index in [4.69, 9.17) is 5.73 Å². The summed E-state index contributed by atoms with van der Waals surface area (Å²) in [5, 5.41) is 0. The molecule has 0 saturated heterocycles. The number of benzene rings is 1. The first-order chi connectivity index (χ1) is 7.42. The molecule has 0 aliphatic heterocycles. The summed E-state index contributed by atoms with van der Waals surface area (Å²) in [5.74, 6) is 0.809. The van der Waals surface area contributed by atoms with Gasteiger partial charge in [-0.15, -0.1) is 0 Å². The maximum absolute atomic E-state index is 5.48. The lowest BCUT2D eigenvalue weighted by molar-refractivity contribution is 0.419. The van der Waals surface area contributed by atoms with E-state index in [-0.39, 0.29) is 0 Å². The monoisotopic (exact) mass is 201 g/mol. The van der Waals surface area contributed by atoms with Crippen LogP contribution in [0.5, 0.6) is 0 Å². The third-order valence-electron chi connectivity index (χ3n) is 3.17. The van der Waals surface area contributed by atoms with E-state index in [1.54, 1.807) is 0 Å². The van der Waals surface area contributed by atoms with Crippen LogP contribution in [0.1, 0.15) is 42.7 Å². The zero-order chi connectivity index (χ0) is 10.5. The molecule has 0 atom stereocenters. The van der Waals surface area contributed by atoms with Crippen molar-refractivity contribution in [2.24, 2.45) is 5.73 Å². The highest BCUT2D eigenvalue weighted by molar-refractivity contribution is 5.55. The molecule has 0 radical (unpaired) electrons. The summed E-state index contributed by atoms with van der Waals surface area (Å²) in [6.45, 7) is 0.738. The minimum absolute atomic E-state index is 0.738. The molecular formula is C14H19N. The Bertz CT molecular complexity index is 337. The Morgan fingerprint density at radius 3 is 2.73 bits per heavy atom. The van der Waals surface area contributed by atoms with Crippen molar-refractivity contribution in [3.63, 3.8) is 0 Å². The van der Waals surface area contributed by atoms with Crippen molar-refractivity contribution in [3.05, 3.63) is 41.5 Å². The van der Waals surface area contributed by atoms with Gasteiger partial charge in [0.25, 0.3) is 0 Å². The highest BCUT2D eigenvalue weighted by atomic mass is 14.5. The first-order valence-corrected chi connectivity index (χ1v) is 5.87. The van der Waals surface area contributed by atoms with E-state index < -0.39 is 0 Å². The van der Waals surface area contributed by atoms with E-state index in [0.717, 1.165) is 18.9 Å². The smallest absolute Gasteiger partial charge is 0.00425 e. The van der Waals surface area contributed by atoms with Crippen molar-refractivity contribution < 1.29 is 0 Å². The summed E-state index contributed by atoms with van der Waals surface area (Å²) in [7, 11) is 0. The SMILES string of the molecule is NCC/C=C/c1ccccc1C1CCC1. The Balaban J connectivity index is 2.14. The van der Waals surface area contributed by atoms with Crippen molar-refractivity contribution >= 4 is 6.08 Å². The minimum Gasteiger partial charge on any atom is -0.330 e. The molecule has 1 nitrogen and oxygen atoms in total. The van der Waals surface area contributed by atoms with Crippen LogP contribution in [-0.2, 0) is 0 Å². The number of hydrogen-bond donors (Lipinski definition) is 1. The van der Waals surface area contributed by atoms with Gasteiger partial charge < -0.3 is 5.73 Å². The quantitative estimate of drug-likeness (QED) is 0.794. The van der Waals surface area contributed by atoms with Gasteiger partial charge in [0.1, 0.15) is 0 Å². The second-order valence-electron chi connectivity index (χ2n) is 4.24. The third-order valence-corrected chi connectivity index (χ3v) is 3.17. The molecule has 80 valence electrons. The average Bonchev–Trinajstić information content (AvgIpc) is 2.18. The van der Waals surface area contributed by atoms with Gasteiger partial charge in [0, 0.05) is 0 Å². The number of hydrogen-bond acceptors (Lipinski definition) is 1. The second-order valence-corrected chi connectivity index (χ2v) is 4.24. The summed E-state index contributed by atoms with van der Waals surface area (Å²) in [6, 6.07) is 8.74. The minimum atomic E-state index is 0.738. The van der Waals surface area contributed by atoms with Crippen LogP contribution in [-0.4, -0.2) is 6.54 Å². The van der Waals surface area contributed by atoms with Crippen LogP contribution >= 0.6 is 0 Å². The number of nitrogens with two attached hydrogens (primary N) is 1. The molecule has 0 spiro atoms. The highest BCUT2D eigenvalue weighted by Crippen LogP contribution is 2.38. The zero-order valence-electron chi connectivity index (χ0n) is 9.15. The molecular weight excluding hydrogens is 182 g/mol. The lowest BCUT2D eigenvalue weighted by Gasteiger charge is -2.27. The van der Waals surface area contributed by atoms with Gasteiger partial charge in [0.15, 0.2) is 0 Å². The third kappa shape index (κ3) is 2.48. The van der Waals surface area contributed by atoms with E-state index >= 15 is 0 Å². The molecule has 0 aromatic heterocycles. The molecule has 1 fully saturated rings. The van der Waals surface area contributed by atoms with Crippen LogP contribution in [0.2, 0.25) is 0 Å². The van der Waals surface area contributed by atoms with E-state index in [9.17, 15) is 0 Å². The molecule has 1 saturated carbocycles. The molecule has 1 aliphatic carbocycles. The van der Waals surface area contributed by atoms with Crippen molar-refractivity contribution in [1.82, 2.24) is 0 Å². The van der Waals surface area contributed by atoms with E-state index in [1.165, 1.54) is 30.4 Å². The van der Waals surface area contributed by atoms with Crippen LogP contribution in [0.4, 0.5) is 0 Å². The largest absolute Gasteiger partial charge is 0.330 e. The summed E-state index contributed by atoms with van der Waals surface area (Å²) in [4.78, 5) is 0. The van der Waals surface area contributed by atoms with Gasteiger partial charge in [0.05, 0.1) is 0 Å². The first-order valence-electron chi connectivity index (χ1n) is 5.87. The predicted octanol–water partition coefficient (Wildman–Crippen LogP) is 3.32. The Labute approximate surface area is 92.0 Å². The van der Waals surface area contributed by atoms with Gasteiger partial charge in [0.2, 0.25) is 0 Å². The molecule has 1 heteroatoms. The summed E-state index contributed by atoms with van der Waals surface area (Å²) >= 11 is 0. The fraction of sp³-hybridized carbons (Fsp3) is 0.429. The molecule has 1 aliphatic rings. The standard InChI is InChI=1S/C14H19N/c15-11-4-3-7-12-6-1-2-10-14(12)13-8-5-9-13/h1-3,6-7,10,13H,4-5,8-9,11,15H2/b7-3+. The summed E-state index contributed by atoms with van der Waals surface area (Å²) < 4.78 is 0. The second kappa shape index (κ2) is 5.13. The molecule has 1 aromatic carbocycles. The average molecular weight is 201 g/mol. The fourth-order valence-corrected chi connectivity index (χ4v) is 2.06. The molecule has 0 amide bonds. The van der Waals surface area contributed by atoms with Crippen LogP contribution in [0.25, 0.3) is 6.08 Å². The molecule has 1 aromatic rings. The maximum Gasteiger partial charge on any atom is -0.00425 e. The fourth-order valence-electron chi connectivity index (χ4n) is 2.06. The van der Waals surface area contributed by atoms with Gasteiger partial charge in [-0.1, -0.05) is 42.8 Å². The Kier molecular flexibility index (Phi) is 3.57. The molecule has 0 heterocycles. The van der Waals surface area contributed by atoms with Gasteiger partial charge in [-0.25, -0.2) is 0 Å². The topological polar surface area (TPSA) is 26.0 Å². The zero-order valence-corrected chi connectivity index (χ0v) is 9.15. The van der Waals surface area contributed by atoms with Gasteiger partial charge in [-0.2, -0.15) is 0 Å². The Morgan fingerprint density at radius 2 is 2.07 bits per heavy atom. The Morgan fingerprint density at radius 1 is 1.27 bits per heavy atom. The van der Waals surface area contributed by atoms with Crippen molar-refractivity contribution in [2.45, 2.75) is 31.6 Å². The van der Waals surface area contributed by atoms with E-state index in [2.05, 4.69) is 36.4 Å². The maximum atomic E-state index is 5.48. The summed E-state index contributed by atoms with van der Waals surface area (Å²) in [6.07, 6.45) is 9.49.